The van der Waals surface area contributed by atoms with Gasteiger partial charge >= 0.3 is 0 Å². The SMILES string of the molecule is N#Cc1ncccc1S(=O)(=O)NCCCCn1ccnc1. The first-order valence-electron chi connectivity index (χ1n) is 6.44. The van der Waals surface area contributed by atoms with Gasteiger partial charge in [0, 0.05) is 31.7 Å². The summed E-state index contributed by atoms with van der Waals surface area (Å²) in [5.41, 5.74) is -0.0941. The predicted molar refractivity (Wildman–Crippen MR) is 75.6 cm³/mol. The van der Waals surface area contributed by atoms with Crippen molar-refractivity contribution in [1.29, 1.82) is 5.26 Å². The first kappa shape index (κ1) is 15.2. The lowest BCUT2D eigenvalue weighted by Crippen LogP contribution is -2.26. The molecule has 0 radical (unpaired) electrons. The summed E-state index contributed by atoms with van der Waals surface area (Å²) in [4.78, 5) is 7.60. The van der Waals surface area contributed by atoms with E-state index in [4.69, 9.17) is 5.26 Å². The van der Waals surface area contributed by atoms with Gasteiger partial charge in [-0.25, -0.2) is 23.1 Å². The van der Waals surface area contributed by atoms with E-state index in [0.717, 1.165) is 13.0 Å². The highest BCUT2D eigenvalue weighted by Crippen LogP contribution is 2.11. The molecule has 21 heavy (non-hydrogen) atoms. The van der Waals surface area contributed by atoms with Crippen molar-refractivity contribution in [2.24, 2.45) is 0 Å². The maximum absolute atomic E-state index is 12.1. The van der Waals surface area contributed by atoms with Crippen molar-refractivity contribution in [2.45, 2.75) is 24.3 Å². The maximum Gasteiger partial charge on any atom is 0.243 e. The monoisotopic (exact) mass is 305 g/mol. The van der Waals surface area contributed by atoms with Gasteiger partial charge in [-0.05, 0) is 25.0 Å². The van der Waals surface area contributed by atoms with Gasteiger partial charge in [-0.15, -0.1) is 0 Å². The Morgan fingerprint density at radius 1 is 1.33 bits per heavy atom. The van der Waals surface area contributed by atoms with E-state index in [1.54, 1.807) is 18.6 Å². The summed E-state index contributed by atoms with van der Waals surface area (Å²) >= 11 is 0. The fourth-order valence-electron chi connectivity index (χ4n) is 1.81. The molecule has 7 nitrogen and oxygen atoms in total. The Kier molecular flexibility index (Phi) is 5.03. The van der Waals surface area contributed by atoms with Crippen LogP contribution in [-0.4, -0.2) is 29.5 Å². The van der Waals surface area contributed by atoms with Crippen LogP contribution in [0.3, 0.4) is 0 Å². The summed E-state index contributed by atoms with van der Waals surface area (Å²) in [6, 6.07) is 4.65. The van der Waals surface area contributed by atoms with Crippen molar-refractivity contribution < 1.29 is 8.42 Å². The third-order valence-corrected chi connectivity index (χ3v) is 4.35. The molecule has 0 aliphatic rings. The van der Waals surface area contributed by atoms with Gasteiger partial charge in [0.15, 0.2) is 5.69 Å². The number of imidazole rings is 1. The molecule has 0 atom stereocenters. The largest absolute Gasteiger partial charge is 0.337 e. The van der Waals surface area contributed by atoms with E-state index >= 15 is 0 Å². The van der Waals surface area contributed by atoms with Crippen LogP contribution in [0.4, 0.5) is 0 Å². The minimum Gasteiger partial charge on any atom is -0.337 e. The van der Waals surface area contributed by atoms with E-state index < -0.39 is 10.0 Å². The number of sulfonamides is 1. The van der Waals surface area contributed by atoms with Crippen LogP contribution in [0, 0.1) is 11.3 Å². The molecule has 2 rings (SSSR count). The zero-order chi connectivity index (χ0) is 15.1. The van der Waals surface area contributed by atoms with Crippen LogP contribution in [0.2, 0.25) is 0 Å². The Hall–Kier alpha value is -2.24. The van der Waals surface area contributed by atoms with Crippen LogP contribution in [0.5, 0.6) is 0 Å². The molecule has 0 fully saturated rings. The molecule has 0 saturated heterocycles. The van der Waals surface area contributed by atoms with Crippen molar-refractivity contribution in [3.63, 3.8) is 0 Å². The van der Waals surface area contributed by atoms with Crippen molar-refractivity contribution in [2.75, 3.05) is 6.54 Å². The first-order chi connectivity index (χ1) is 10.1. The minimum absolute atomic E-state index is 0.0814. The number of hydrogen-bond donors (Lipinski definition) is 1. The topological polar surface area (TPSA) is 101 Å². The quantitative estimate of drug-likeness (QED) is 0.766. The molecular formula is C13H15N5O2S. The van der Waals surface area contributed by atoms with Crippen molar-refractivity contribution >= 4 is 10.0 Å². The van der Waals surface area contributed by atoms with Crippen molar-refractivity contribution in [3.05, 3.63) is 42.7 Å². The molecule has 0 saturated carbocycles. The molecule has 8 heteroatoms. The summed E-state index contributed by atoms with van der Waals surface area (Å²) in [6.45, 7) is 1.11. The second kappa shape index (κ2) is 6.97. The molecule has 0 unspecified atom stereocenters. The Labute approximate surface area is 123 Å². The molecule has 0 spiro atoms. The molecule has 110 valence electrons. The van der Waals surface area contributed by atoms with E-state index in [2.05, 4.69) is 14.7 Å². The highest BCUT2D eigenvalue weighted by molar-refractivity contribution is 7.89. The van der Waals surface area contributed by atoms with Crippen LogP contribution in [0.15, 0.2) is 41.9 Å². The molecule has 0 amide bonds. The Morgan fingerprint density at radius 2 is 2.19 bits per heavy atom. The molecule has 0 aliphatic carbocycles. The number of nitrogens with one attached hydrogen (secondary N) is 1. The average molecular weight is 305 g/mol. The summed E-state index contributed by atoms with van der Waals surface area (Å²) in [7, 11) is -3.69. The Balaban J connectivity index is 1.86. The molecule has 1 N–H and O–H groups in total. The number of aryl methyl sites for hydroxylation is 1. The van der Waals surface area contributed by atoms with Crippen LogP contribution < -0.4 is 4.72 Å². The minimum atomic E-state index is -3.69. The van der Waals surface area contributed by atoms with E-state index in [-0.39, 0.29) is 10.6 Å². The number of hydrogen-bond acceptors (Lipinski definition) is 5. The van der Waals surface area contributed by atoms with Crippen molar-refractivity contribution in [1.82, 2.24) is 19.3 Å². The lowest BCUT2D eigenvalue weighted by Gasteiger charge is -2.07. The summed E-state index contributed by atoms with van der Waals surface area (Å²) in [5, 5.41) is 8.88. The Bertz CT molecular complexity index is 719. The second-order valence-electron chi connectivity index (χ2n) is 4.37. The lowest BCUT2D eigenvalue weighted by molar-refractivity contribution is 0.565. The highest BCUT2D eigenvalue weighted by atomic mass is 32.2. The number of nitriles is 1. The first-order valence-corrected chi connectivity index (χ1v) is 7.92. The number of unbranched alkanes of at least 4 members (excludes halogenated alkanes) is 1. The van der Waals surface area contributed by atoms with Gasteiger partial charge < -0.3 is 4.57 Å². The fourth-order valence-corrected chi connectivity index (χ4v) is 2.99. The van der Waals surface area contributed by atoms with Gasteiger partial charge in [0.25, 0.3) is 0 Å². The number of rotatable bonds is 7. The Morgan fingerprint density at radius 3 is 2.90 bits per heavy atom. The molecule has 2 aromatic heterocycles. The number of nitrogens with zero attached hydrogens (tertiary/aromatic N) is 4. The second-order valence-corrected chi connectivity index (χ2v) is 6.10. The highest BCUT2D eigenvalue weighted by Gasteiger charge is 2.18. The zero-order valence-electron chi connectivity index (χ0n) is 11.3. The molecule has 2 heterocycles. The number of pyridine rings is 1. The molecule has 0 aromatic carbocycles. The predicted octanol–water partition coefficient (Wildman–Crippen LogP) is 0.908. The van der Waals surface area contributed by atoms with Crippen LogP contribution in [0.1, 0.15) is 18.5 Å². The lowest BCUT2D eigenvalue weighted by atomic mass is 10.3. The van der Waals surface area contributed by atoms with E-state index in [1.165, 1.54) is 18.3 Å². The smallest absolute Gasteiger partial charge is 0.243 e. The summed E-state index contributed by atoms with van der Waals surface area (Å²) < 4.78 is 28.6. The van der Waals surface area contributed by atoms with Crippen LogP contribution in [0.25, 0.3) is 0 Å². The van der Waals surface area contributed by atoms with Gasteiger partial charge in [-0.3, -0.25) is 0 Å². The third kappa shape index (κ3) is 4.11. The van der Waals surface area contributed by atoms with Gasteiger partial charge in [0.1, 0.15) is 11.0 Å². The molecule has 0 aliphatic heterocycles. The van der Waals surface area contributed by atoms with Gasteiger partial charge in [0.2, 0.25) is 10.0 Å². The summed E-state index contributed by atoms with van der Waals surface area (Å²) in [6.07, 6.45) is 8.20. The van der Waals surface area contributed by atoms with Crippen LogP contribution >= 0.6 is 0 Å². The average Bonchev–Trinajstić information content (AvgIpc) is 3.00. The van der Waals surface area contributed by atoms with Gasteiger partial charge in [-0.2, -0.15) is 5.26 Å². The molecule has 0 bridgehead atoms. The van der Waals surface area contributed by atoms with E-state index in [1.807, 2.05) is 10.8 Å². The van der Waals surface area contributed by atoms with Gasteiger partial charge in [-0.1, -0.05) is 0 Å². The summed E-state index contributed by atoms with van der Waals surface area (Å²) in [5.74, 6) is 0. The molecule has 2 aromatic rings. The third-order valence-electron chi connectivity index (χ3n) is 2.86. The van der Waals surface area contributed by atoms with Gasteiger partial charge in [0.05, 0.1) is 6.33 Å². The van der Waals surface area contributed by atoms with E-state index in [0.29, 0.717) is 13.0 Å². The number of aromatic nitrogens is 3. The van der Waals surface area contributed by atoms with Crippen LogP contribution in [-0.2, 0) is 16.6 Å². The standard InChI is InChI=1S/C13H15N5O2S/c14-10-12-13(4-3-5-16-12)21(19,20)17-6-1-2-8-18-9-7-15-11-18/h3-5,7,9,11,17H,1-2,6,8H2. The van der Waals surface area contributed by atoms with E-state index in [9.17, 15) is 8.42 Å². The maximum atomic E-state index is 12.1. The normalized spacial score (nSPS) is 11.2. The van der Waals surface area contributed by atoms with Crippen molar-refractivity contribution in [3.8, 4) is 6.07 Å². The zero-order valence-corrected chi connectivity index (χ0v) is 12.1. The fraction of sp³-hybridized carbons (Fsp3) is 0.308. The molecular weight excluding hydrogens is 290 g/mol.